The number of carbonyl (C=O) groups is 2. The summed E-state index contributed by atoms with van der Waals surface area (Å²) < 4.78 is 0. The maximum absolute atomic E-state index is 11.7. The molecule has 1 aromatic carbocycles. The highest BCUT2D eigenvalue weighted by molar-refractivity contribution is 5.99. The quantitative estimate of drug-likeness (QED) is 0.803. The van der Waals surface area contributed by atoms with Gasteiger partial charge in [0.25, 0.3) is 5.91 Å². The zero-order valence-electron chi connectivity index (χ0n) is 9.49. The second kappa shape index (κ2) is 5.30. The van der Waals surface area contributed by atoms with Gasteiger partial charge in [-0.15, -0.1) is 0 Å². The Hall–Kier alpha value is -1.84. The summed E-state index contributed by atoms with van der Waals surface area (Å²) in [5, 5.41) is 2.82. The lowest BCUT2D eigenvalue weighted by Gasteiger charge is -2.11. The molecule has 0 radical (unpaired) electrons. The van der Waals surface area contributed by atoms with Crippen molar-refractivity contribution in [2.24, 2.45) is 5.73 Å². The fourth-order valence-electron chi connectivity index (χ4n) is 1.22. The van der Waals surface area contributed by atoms with Gasteiger partial charge in [0.1, 0.15) is 0 Å². The smallest absolute Gasteiger partial charge is 0.251 e. The third-order valence-electron chi connectivity index (χ3n) is 2.40. The Bertz CT molecular complexity index is 402. The first kappa shape index (κ1) is 12.2. The number of hydrogen-bond acceptors (Lipinski definition) is 2. The molecule has 4 nitrogen and oxygen atoms in total. The van der Waals surface area contributed by atoms with Crippen molar-refractivity contribution >= 4 is 11.8 Å². The molecule has 0 aliphatic carbocycles. The van der Waals surface area contributed by atoms with E-state index in [1.165, 1.54) is 6.07 Å². The number of amides is 2. The van der Waals surface area contributed by atoms with Gasteiger partial charge in [-0.2, -0.15) is 0 Å². The van der Waals surface area contributed by atoms with Crippen LogP contribution in [0.2, 0.25) is 0 Å². The van der Waals surface area contributed by atoms with Crippen LogP contribution in [0.25, 0.3) is 0 Å². The van der Waals surface area contributed by atoms with Gasteiger partial charge in [0, 0.05) is 17.2 Å². The monoisotopic (exact) mass is 220 g/mol. The molecule has 16 heavy (non-hydrogen) atoms. The van der Waals surface area contributed by atoms with Crippen molar-refractivity contribution in [3.8, 4) is 0 Å². The molecule has 0 aromatic heterocycles. The van der Waals surface area contributed by atoms with Crippen LogP contribution >= 0.6 is 0 Å². The number of carbonyl (C=O) groups excluding carboxylic acids is 2. The van der Waals surface area contributed by atoms with Gasteiger partial charge >= 0.3 is 0 Å². The van der Waals surface area contributed by atoms with Crippen molar-refractivity contribution in [2.75, 3.05) is 0 Å². The number of rotatable bonds is 4. The Morgan fingerprint density at radius 1 is 1.38 bits per heavy atom. The number of hydrogen-bond donors (Lipinski definition) is 2. The first-order valence-electron chi connectivity index (χ1n) is 5.25. The minimum absolute atomic E-state index is 0.115. The standard InChI is InChI=1S/C12H16N2O2/c1-3-8(2)14-12(16)10-6-4-5-9(7-10)11(13)15/h4-8H,3H2,1-2H3,(H2,13,15)(H,14,16)/t8-/m0/s1. The minimum atomic E-state index is -0.529. The van der Waals surface area contributed by atoms with Gasteiger partial charge in [-0.3, -0.25) is 9.59 Å². The van der Waals surface area contributed by atoms with Crippen molar-refractivity contribution in [1.29, 1.82) is 0 Å². The lowest BCUT2D eigenvalue weighted by molar-refractivity contribution is 0.0939. The molecule has 2 amide bonds. The zero-order chi connectivity index (χ0) is 12.1. The number of primary amides is 1. The van der Waals surface area contributed by atoms with Crippen molar-refractivity contribution in [3.63, 3.8) is 0 Å². The Labute approximate surface area is 94.8 Å². The molecule has 0 fully saturated rings. The summed E-state index contributed by atoms with van der Waals surface area (Å²) in [7, 11) is 0. The van der Waals surface area contributed by atoms with E-state index in [2.05, 4.69) is 5.32 Å². The van der Waals surface area contributed by atoms with Crippen LogP contribution in [0.3, 0.4) is 0 Å². The number of nitrogens with one attached hydrogen (secondary N) is 1. The van der Waals surface area contributed by atoms with E-state index >= 15 is 0 Å². The molecule has 0 unspecified atom stereocenters. The summed E-state index contributed by atoms with van der Waals surface area (Å²) in [5.41, 5.74) is 5.94. The second-order valence-corrected chi connectivity index (χ2v) is 3.73. The van der Waals surface area contributed by atoms with E-state index in [4.69, 9.17) is 5.73 Å². The number of benzene rings is 1. The third-order valence-corrected chi connectivity index (χ3v) is 2.40. The molecule has 0 spiro atoms. The van der Waals surface area contributed by atoms with Crippen LogP contribution in [0.15, 0.2) is 24.3 Å². The molecule has 3 N–H and O–H groups in total. The van der Waals surface area contributed by atoms with Crippen molar-refractivity contribution in [3.05, 3.63) is 35.4 Å². The first-order chi connectivity index (χ1) is 7.54. The van der Waals surface area contributed by atoms with Crippen LogP contribution in [0.4, 0.5) is 0 Å². The maximum Gasteiger partial charge on any atom is 0.251 e. The molecule has 0 aliphatic heterocycles. The third kappa shape index (κ3) is 3.08. The summed E-state index contributed by atoms with van der Waals surface area (Å²) in [5.74, 6) is -0.712. The molecule has 0 bridgehead atoms. The average Bonchev–Trinajstić information content (AvgIpc) is 2.28. The molecule has 4 heteroatoms. The number of nitrogens with two attached hydrogens (primary N) is 1. The van der Waals surface area contributed by atoms with E-state index in [0.717, 1.165) is 6.42 Å². The minimum Gasteiger partial charge on any atom is -0.366 e. The van der Waals surface area contributed by atoms with E-state index in [9.17, 15) is 9.59 Å². The van der Waals surface area contributed by atoms with Crippen LogP contribution < -0.4 is 11.1 Å². The van der Waals surface area contributed by atoms with Crippen LogP contribution in [0, 0.1) is 0 Å². The van der Waals surface area contributed by atoms with Gasteiger partial charge < -0.3 is 11.1 Å². The molecule has 1 aromatic rings. The Kier molecular flexibility index (Phi) is 4.05. The van der Waals surface area contributed by atoms with Gasteiger partial charge in [0.15, 0.2) is 0 Å². The summed E-state index contributed by atoms with van der Waals surface area (Å²) >= 11 is 0. The summed E-state index contributed by atoms with van der Waals surface area (Å²) in [4.78, 5) is 22.7. The highest BCUT2D eigenvalue weighted by Crippen LogP contribution is 2.05. The van der Waals surface area contributed by atoms with Crippen LogP contribution in [-0.2, 0) is 0 Å². The highest BCUT2D eigenvalue weighted by Gasteiger charge is 2.10. The Morgan fingerprint density at radius 3 is 2.56 bits per heavy atom. The van der Waals surface area contributed by atoms with Gasteiger partial charge in [0.2, 0.25) is 5.91 Å². The van der Waals surface area contributed by atoms with Crippen molar-refractivity contribution in [1.82, 2.24) is 5.32 Å². The average molecular weight is 220 g/mol. The van der Waals surface area contributed by atoms with E-state index in [0.29, 0.717) is 11.1 Å². The first-order valence-corrected chi connectivity index (χ1v) is 5.25. The van der Waals surface area contributed by atoms with Crippen LogP contribution in [0.5, 0.6) is 0 Å². The SMILES string of the molecule is CC[C@H](C)NC(=O)c1cccc(C(N)=O)c1. The van der Waals surface area contributed by atoms with E-state index in [-0.39, 0.29) is 11.9 Å². The van der Waals surface area contributed by atoms with Gasteiger partial charge in [-0.05, 0) is 31.5 Å². The molecular weight excluding hydrogens is 204 g/mol. The fourth-order valence-corrected chi connectivity index (χ4v) is 1.22. The maximum atomic E-state index is 11.7. The van der Waals surface area contributed by atoms with E-state index < -0.39 is 5.91 Å². The topological polar surface area (TPSA) is 72.2 Å². The predicted molar refractivity (Wildman–Crippen MR) is 62.2 cm³/mol. The summed E-state index contributed by atoms with van der Waals surface area (Å²) in [6, 6.07) is 6.50. The van der Waals surface area contributed by atoms with Crippen molar-refractivity contribution in [2.45, 2.75) is 26.3 Å². The highest BCUT2D eigenvalue weighted by atomic mass is 16.2. The van der Waals surface area contributed by atoms with Gasteiger partial charge in [0.05, 0.1) is 0 Å². The molecule has 0 saturated carbocycles. The van der Waals surface area contributed by atoms with Crippen molar-refractivity contribution < 1.29 is 9.59 Å². The van der Waals surface area contributed by atoms with Crippen LogP contribution in [-0.4, -0.2) is 17.9 Å². The Balaban J connectivity index is 2.83. The molecule has 86 valence electrons. The molecule has 0 heterocycles. The largest absolute Gasteiger partial charge is 0.366 e. The zero-order valence-corrected chi connectivity index (χ0v) is 9.49. The van der Waals surface area contributed by atoms with E-state index in [1.807, 2.05) is 13.8 Å². The summed E-state index contributed by atoms with van der Waals surface area (Å²) in [6.07, 6.45) is 0.862. The summed E-state index contributed by atoms with van der Waals surface area (Å²) in [6.45, 7) is 3.92. The van der Waals surface area contributed by atoms with Gasteiger partial charge in [-0.1, -0.05) is 13.0 Å². The van der Waals surface area contributed by atoms with Crippen LogP contribution in [0.1, 0.15) is 41.0 Å². The molecule has 0 saturated heterocycles. The normalized spacial score (nSPS) is 11.9. The van der Waals surface area contributed by atoms with Gasteiger partial charge in [-0.25, -0.2) is 0 Å². The lowest BCUT2D eigenvalue weighted by Crippen LogP contribution is -2.32. The molecule has 0 aliphatic rings. The molecule has 1 atom stereocenters. The molecular formula is C12H16N2O2. The van der Waals surface area contributed by atoms with E-state index in [1.54, 1.807) is 18.2 Å². The fraction of sp³-hybridized carbons (Fsp3) is 0.333. The Morgan fingerprint density at radius 2 is 2.00 bits per heavy atom. The second-order valence-electron chi connectivity index (χ2n) is 3.73. The molecule has 1 rings (SSSR count). The lowest BCUT2D eigenvalue weighted by atomic mass is 10.1. The predicted octanol–water partition coefficient (Wildman–Crippen LogP) is 1.31.